The number of esters is 1. The van der Waals surface area contributed by atoms with Gasteiger partial charge in [-0.25, -0.2) is 4.79 Å². The first-order valence-electron chi connectivity index (χ1n) is 6.90. The number of furan rings is 1. The lowest BCUT2D eigenvalue weighted by atomic mass is 10.2. The maximum absolute atomic E-state index is 11.4. The predicted molar refractivity (Wildman–Crippen MR) is 77.8 cm³/mol. The zero-order valence-electron chi connectivity index (χ0n) is 12.5. The second kappa shape index (κ2) is 6.11. The molecule has 116 valence electrons. The molecule has 6 heteroatoms. The van der Waals surface area contributed by atoms with Crippen LogP contribution in [-0.2, 0) is 17.8 Å². The van der Waals surface area contributed by atoms with E-state index < -0.39 is 5.97 Å². The summed E-state index contributed by atoms with van der Waals surface area (Å²) in [5.41, 5.74) is 1.12. The molecule has 6 nitrogen and oxygen atoms in total. The minimum absolute atomic E-state index is 0.217. The molecule has 0 amide bonds. The van der Waals surface area contributed by atoms with Gasteiger partial charge in [-0.3, -0.25) is 4.90 Å². The number of ether oxygens (including phenoxy) is 3. The van der Waals surface area contributed by atoms with Gasteiger partial charge >= 0.3 is 5.97 Å². The fourth-order valence-corrected chi connectivity index (χ4v) is 2.35. The van der Waals surface area contributed by atoms with Gasteiger partial charge in [-0.1, -0.05) is 6.07 Å². The summed E-state index contributed by atoms with van der Waals surface area (Å²) in [4.78, 5) is 13.4. The van der Waals surface area contributed by atoms with Gasteiger partial charge in [0.2, 0.25) is 12.6 Å². The number of hydrogen-bond acceptors (Lipinski definition) is 6. The van der Waals surface area contributed by atoms with Crippen molar-refractivity contribution in [3.8, 4) is 11.5 Å². The molecular weight excluding hydrogens is 286 g/mol. The first-order valence-corrected chi connectivity index (χ1v) is 6.90. The summed E-state index contributed by atoms with van der Waals surface area (Å²) in [5, 5.41) is 0. The molecule has 1 aromatic carbocycles. The van der Waals surface area contributed by atoms with Gasteiger partial charge in [-0.05, 0) is 36.9 Å². The topological polar surface area (TPSA) is 61.1 Å². The van der Waals surface area contributed by atoms with Crippen molar-refractivity contribution in [3.63, 3.8) is 0 Å². The summed E-state index contributed by atoms with van der Waals surface area (Å²) >= 11 is 0. The van der Waals surface area contributed by atoms with Gasteiger partial charge in [-0.15, -0.1) is 0 Å². The summed E-state index contributed by atoms with van der Waals surface area (Å²) in [5.74, 6) is 2.01. The highest BCUT2D eigenvalue weighted by Gasteiger charge is 2.15. The zero-order valence-corrected chi connectivity index (χ0v) is 12.5. The van der Waals surface area contributed by atoms with Crippen LogP contribution in [0.25, 0.3) is 0 Å². The molecule has 0 saturated carbocycles. The van der Waals surface area contributed by atoms with Crippen LogP contribution in [0.5, 0.6) is 11.5 Å². The maximum atomic E-state index is 11.4. The molecule has 1 aromatic heterocycles. The summed E-state index contributed by atoms with van der Waals surface area (Å²) < 4.78 is 20.7. The van der Waals surface area contributed by atoms with Gasteiger partial charge in [0.05, 0.1) is 13.7 Å². The first-order chi connectivity index (χ1) is 10.7. The number of carbonyl (C=O) groups is 1. The predicted octanol–water partition coefficient (Wildman–Crippen LogP) is 2.43. The van der Waals surface area contributed by atoms with E-state index in [9.17, 15) is 4.79 Å². The maximum Gasteiger partial charge on any atom is 0.373 e. The Morgan fingerprint density at radius 2 is 2.00 bits per heavy atom. The van der Waals surface area contributed by atoms with Crippen LogP contribution in [0.15, 0.2) is 34.7 Å². The summed E-state index contributed by atoms with van der Waals surface area (Å²) in [6.45, 7) is 1.59. The fourth-order valence-electron chi connectivity index (χ4n) is 2.35. The molecule has 3 rings (SSSR count). The number of benzene rings is 1. The van der Waals surface area contributed by atoms with Crippen molar-refractivity contribution in [3.05, 3.63) is 47.4 Å². The Morgan fingerprint density at radius 1 is 1.18 bits per heavy atom. The Kier molecular flexibility index (Phi) is 4.02. The highest BCUT2D eigenvalue weighted by molar-refractivity contribution is 5.86. The van der Waals surface area contributed by atoms with Gasteiger partial charge in [0, 0.05) is 6.54 Å². The van der Waals surface area contributed by atoms with Crippen LogP contribution < -0.4 is 9.47 Å². The molecule has 22 heavy (non-hydrogen) atoms. The number of fused-ring (bicyclic) bond motifs is 1. The molecule has 0 N–H and O–H groups in total. The lowest BCUT2D eigenvalue weighted by Gasteiger charge is -2.15. The molecule has 0 unspecified atom stereocenters. The summed E-state index contributed by atoms with van der Waals surface area (Å²) in [6.07, 6.45) is 0. The van der Waals surface area contributed by atoms with Crippen molar-refractivity contribution in [1.82, 2.24) is 4.90 Å². The molecule has 0 bridgehead atoms. The number of nitrogens with zero attached hydrogens (tertiary/aromatic N) is 1. The fraction of sp³-hybridized carbons (Fsp3) is 0.312. The van der Waals surface area contributed by atoms with Crippen molar-refractivity contribution in [2.45, 2.75) is 13.1 Å². The minimum atomic E-state index is -0.468. The van der Waals surface area contributed by atoms with E-state index in [0.29, 0.717) is 12.3 Å². The van der Waals surface area contributed by atoms with Crippen LogP contribution in [-0.4, -0.2) is 31.8 Å². The first kappa shape index (κ1) is 14.5. The molecule has 0 saturated heterocycles. The molecular formula is C16H17NO5. The van der Waals surface area contributed by atoms with E-state index in [4.69, 9.17) is 13.9 Å². The Balaban J connectivity index is 1.61. The normalized spacial score (nSPS) is 12.7. The van der Waals surface area contributed by atoms with Crippen molar-refractivity contribution in [1.29, 1.82) is 0 Å². The Morgan fingerprint density at radius 3 is 2.82 bits per heavy atom. The molecule has 0 atom stereocenters. The van der Waals surface area contributed by atoms with Crippen molar-refractivity contribution in [2.75, 3.05) is 21.0 Å². The Hall–Kier alpha value is -2.47. The summed E-state index contributed by atoms with van der Waals surface area (Å²) in [6, 6.07) is 9.29. The highest BCUT2D eigenvalue weighted by Crippen LogP contribution is 2.32. The number of carbonyl (C=O) groups excluding carboxylic acids is 1. The highest BCUT2D eigenvalue weighted by atomic mass is 16.7. The minimum Gasteiger partial charge on any atom is -0.463 e. The molecule has 0 spiro atoms. The van der Waals surface area contributed by atoms with Gasteiger partial charge < -0.3 is 18.6 Å². The average Bonchev–Trinajstić information content (AvgIpc) is 3.14. The van der Waals surface area contributed by atoms with Crippen LogP contribution in [0.3, 0.4) is 0 Å². The van der Waals surface area contributed by atoms with Crippen LogP contribution in [0.2, 0.25) is 0 Å². The lowest BCUT2D eigenvalue weighted by molar-refractivity contribution is 0.0561. The van der Waals surface area contributed by atoms with Crippen LogP contribution in [0, 0.1) is 0 Å². The van der Waals surface area contributed by atoms with Gasteiger partial charge in [0.15, 0.2) is 11.5 Å². The standard InChI is InChI=1S/C16H17NO5/c1-17(9-12-4-6-14(22-12)16(18)19-2)8-11-3-5-13-15(7-11)21-10-20-13/h3-7H,8-10H2,1-2H3. The van der Waals surface area contributed by atoms with Crippen molar-refractivity contribution >= 4 is 5.97 Å². The van der Waals surface area contributed by atoms with E-state index in [1.54, 1.807) is 12.1 Å². The van der Waals surface area contributed by atoms with E-state index in [-0.39, 0.29) is 12.6 Å². The largest absolute Gasteiger partial charge is 0.463 e. The van der Waals surface area contributed by atoms with Crippen molar-refractivity contribution < 1.29 is 23.4 Å². The summed E-state index contributed by atoms with van der Waals surface area (Å²) in [7, 11) is 3.31. The van der Waals surface area contributed by atoms with E-state index in [2.05, 4.69) is 9.64 Å². The van der Waals surface area contributed by atoms with Gasteiger partial charge in [-0.2, -0.15) is 0 Å². The molecule has 2 heterocycles. The SMILES string of the molecule is COC(=O)c1ccc(CN(C)Cc2ccc3c(c2)OCO3)o1. The Bertz CT molecular complexity index is 679. The zero-order chi connectivity index (χ0) is 15.5. The van der Waals surface area contributed by atoms with Crippen LogP contribution in [0.1, 0.15) is 21.9 Å². The molecule has 0 fully saturated rings. The van der Waals surface area contributed by atoms with Crippen LogP contribution in [0.4, 0.5) is 0 Å². The van der Waals surface area contributed by atoms with E-state index in [0.717, 1.165) is 23.6 Å². The van der Waals surface area contributed by atoms with E-state index in [1.165, 1.54) is 7.11 Å². The van der Waals surface area contributed by atoms with E-state index >= 15 is 0 Å². The number of methoxy groups -OCH3 is 1. The lowest BCUT2D eigenvalue weighted by Crippen LogP contribution is -2.16. The second-order valence-electron chi connectivity index (χ2n) is 5.12. The second-order valence-corrected chi connectivity index (χ2v) is 5.12. The third-order valence-electron chi connectivity index (χ3n) is 3.36. The number of hydrogen-bond donors (Lipinski definition) is 0. The number of rotatable bonds is 5. The van der Waals surface area contributed by atoms with Crippen LogP contribution >= 0.6 is 0 Å². The molecule has 2 aromatic rings. The Labute approximate surface area is 128 Å². The van der Waals surface area contributed by atoms with Gasteiger partial charge in [0.1, 0.15) is 5.76 Å². The van der Waals surface area contributed by atoms with E-state index in [1.807, 2.05) is 25.2 Å². The molecule has 1 aliphatic rings. The molecule has 1 aliphatic heterocycles. The van der Waals surface area contributed by atoms with Crippen molar-refractivity contribution in [2.24, 2.45) is 0 Å². The third kappa shape index (κ3) is 3.07. The monoisotopic (exact) mass is 303 g/mol. The quantitative estimate of drug-likeness (QED) is 0.791. The third-order valence-corrected chi connectivity index (χ3v) is 3.36. The van der Waals surface area contributed by atoms with Gasteiger partial charge in [0.25, 0.3) is 0 Å². The smallest absolute Gasteiger partial charge is 0.373 e. The molecule has 0 radical (unpaired) electrons. The average molecular weight is 303 g/mol. The molecule has 0 aliphatic carbocycles.